The van der Waals surface area contributed by atoms with E-state index in [1.807, 2.05) is 53.4 Å². The molecule has 0 unspecified atom stereocenters. The average molecular weight is 444 g/mol. The lowest BCUT2D eigenvalue weighted by Gasteiger charge is -2.35. The fraction of sp³-hybridized carbons (Fsp3) is 0.348. The van der Waals surface area contributed by atoms with E-state index in [-0.39, 0.29) is 5.91 Å². The van der Waals surface area contributed by atoms with Crippen molar-refractivity contribution in [1.82, 2.24) is 9.80 Å². The summed E-state index contributed by atoms with van der Waals surface area (Å²) in [5.41, 5.74) is 2.21. The first-order chi connectivity index (χ1) is 15.3. The van der Waals surface area contributed by atoms with E-state index in [1.165, 1.54) is 0 Å². The van der Waals surface area contributed by atoms with E-state index in [1.54, 1.807) is 14.2 Å². The zero-order chi connectivity index (χ0) is 23.5. The molecule has 0 saturated carbocycles. The van der Waals surface area contributed by atoms with E-state index >= 15 is 0 Å². The van der Waals surface area contributed by atoms with Crippen molar-refractivity contribution in [2.45, 2.75) is 13.0 Å². The molecular formula is C23H28N2O7. The first-order valence-electron chi connectivity index (χ1n) is 10.0. The highest BCUT2D eigenvalue weighted by Crippen LogP contribution is 2.26. The zero-order valence-corrected chi connectivity index (χ0v) is 18.2. The summed E-state index contributed by atoms with van der Waals surface area (Å²) in [6, 6.07) is 15.8. The number of methoxy groups -OCH3 is 2. The van der Waals surface area contributed by atoms with Crippen LogP contribution in [0.1, 0.15) is 11.1 Å². The highest BCUT2D eigenvalue weighted by atomic mass is 16.5. The van der Waals surface area contributed by atoms with Crippen molar-refractivity contribution in [3.05, 3.63) is 59.7 Å². The van der Waals surface area contributed by atoms with Crippen molar-refractivity contribution >= 4 is 17.8 Å². The first kappa shape index (κ1) is 24.7. The molecule has 0 spiro atoms. The predicted molar refractivity (Wildman–Crippen MR) is 117 cm³/mol. The second-order valence-electron chi connectivity index (χ2n) is 7.11. The highest BCUT2D eigenvalue weighted by Gasteiger charge is 2.22. The Bertz CT molecular complexity index is 898. The average Bonchev–Trinajstić information content (AvgIpc) is 2.80. The number of aliphatic carboxylic acids is 2. The molecule has 2 N–H and O–H groups in total. The molecule has 2 aromatic carbocycles. The van der Waals surface area contributed by atoms with Gasteiger partial charge < -0.3 is 24.6 Å². The van der Waals surface area contributed by atoms with Crippen LogP contribution in [-0.2, 0) is 27.3 Å². The predicted octanol–water partition coefficient (Wildman–Crippen LogP) is 1.75. The zero-order valence-electron chi connectivity index (χ0n) is 18.2. The quantitative estimate of drug-likeness (QED) is 0.648. The van der Waals surface area contributed by atoms with Crippen LogP contribution >= 0.6 is 0 Å². The number of benzene rings is 2. The van der Waals surface area contributed by atoms with Crippen LogP contribution in [0.15, 0.2) is 48.5 Å². The van der Waals surface area contributed by atoms with Gasteiger partial charge in [-0.3, -0.25) is 9.69 Å². The van der Waals surface area contributed by atoms with E-state index in [4.69, 9.17) is 29.3 Å². The number of piperazine rings is 1. The molecule has 9 nitrogen and oxygen atoms in total. The minimum Gasteiger partial charge on any atom is -0.497 e. The number of carboxylic acids is 2. The van der Waals surface area contributed by atoms with Crippen LogP contribution in [0.3, 0.4) is 0 Å². The Morgan fingerprint density at radius 3 is 2.03 bits per heavy atom. The van der Waals surface area contributed by atoms with Gasteiger partial charge in [-0.25, -0.2) is 9.59 Å². The van der Waals surface area contributed by atoms with Gasteiger partial charge in [-0.1, -0.05) is 36.4 Å². The molecule has 1 aliphatic rings. The second kappa shape index (κ2) is 12.3. The lowest BCUT2D eigenvalue weighted by atomic mass is 10.1. The van der Waals surface area contributed by atoms with Gasteiger partial charge in [0.2, 0.25) is 5.91 Å². The Labute approximate surface area is 186 Å². The van der Waals surface area contributed by atoms with Gasteiger partial charge in [0.15, 0.2) is 0 Å². The molecule has 1 fully saturated rings. The molecule has 0 radical (unpaired) electrons. The molecular weight excluding hydrogens is 416 g/mol. The van der Waals surface area contributed by atoms with Crippen molar-refractivity contribution in [2.24, 2.45) is 0 Å². The summed E-state index contributed by atoms with van der Waals surface area (Å²) in [4.78, 5) is 35.0. The van der Waals surface area contributed by atoms with Gasteiger partial charge in [-0.15, -0.1) is 0 Å². The lowest BCUT2D eigenvalue weighted by molar-refractivity contribution is -0.159. The second-order valence-corrected chi connectivity index (χ2v) is 7.11. The van der Waals surface area contributed by atoms with E-state index in [2.05, 4.69) is 4.90 Å². The summed E-state index contributed by atoms with van der Waals surface area (Å²) in [7, 11) is 3.33. The number of carbonyl (C=O) groups is 3. The number of ether oxygens (including phenoxy) is 2. The molecule has 0 aliphatic carbocycles. The van der Waals surface area contributed by atoms with Crippen LogP contribution in [0.2, 0.25) is 0 Å². The summed E-state index contributed by atoms with van der Waals surface area (Å²) in [6.07, 6.45) is 0.479. The van der Waals surface area contributed by atoms with Gasteiger partial charge in [0.1, 0.15) is 11.5 Å². The Morgan fingerprint density at radius 2 is 1.50 bits per heavy atom. The van der Waals surface area contributed by atoms with Crippen LogP contribution < -0.4 is 9.47 Å². The van der Waals surface area contributed by atoms with Gasteiger partial charge in [0.05, 0.1) is 20.6 Å². The monoisotopic (exact) mass is 444 g/mol. The molecule has 0 aromatic heterocycles. The first-order valence-corrected chi connectivity index (χ1v) is 10.0. The maximum atomic E-state index is 12.5. The maximum absolute atomic E-state index is 12.5. The fourth-order valence-electron chi connectivity index (χ4n) is 3.26. The number of carbonyl (C=O) groups excluding carboxylic acids is 1. The number of rotatable bonds is 6. The standard InChI is InChI=1S/C21H26N2O3.C2H2O4/c1-25-19-9-8-18(20(15-19)26-2)16-22-10-12-23(13-11-22)21(24)14-17-6-4-3-5-7-17;3-1(4)2(5)6/h3-9,15H,10-14,16H2,1-2H3;(H,3,4)(H,5,6). The van der Waals surface area contributed by atoms with Crippen LogP contribution in [0, 0.1) is 0 Å². The van der Waals surface area contributed by atoms with Gasteiger partial charge >= 0.3 is 11.9 Å². The van der Waals surface area contributed by atoms with Gasteiger partial charge in [-0.2, -0.15) is 0 Å². The summed E-state index contributed by atoms with van der Waals surface area (Å²) >= 11 is 0. The molecule has 9 heteroatoms. The SMILES string of the molecule is COc1ccc(CN2CCN(C(=O)Cc3ccccc3)CC2)c(OC)c1.O=C(O)C(=O)O. The Kier molecular flexibility index (Phi) is 9.49. The van der Waals surface area contributed by atoms with Crippen LogP contribution in [0.25, 0.3) is 0 Å². The smallest absolute Gasteiger partial charge is 0.414 e. The molecule has 2 aromatic rings. The van der Waals surface area contributed by atoms with Crippen molar-refractivity contribution < 1.29 is 34.1 Å². The summed E-state index contributed by atoms with van der Waals surface area (Å²) in [5.74, 6) is -1.81. The molecule has 1 aliphatic heterocycles. The third-order valence-electron chi connectivity index (χ3n) is 4.99. The van der Waals surface area contributed by atoms with Gasteiger partial charge in [0.25, 0.3) is 0 Å². The Balaban J connectivity index is 0.000000534. The molecule has 1 amide bonds. The maximum Gasteiger partial charge on any atom is 0.414 e. The Morgan fingerprint density at radius 1 is 0.875 bits per heavy atom. The number of carboxylic acid groups (broad SMARTS) is 2. The van der Waals surface area contributed by atoms with E-state index in [9.17, 15) is 4.79 Å². The minimum atomic E-state index is -1.82. The highest BCUT2D eigenvalue weighted by molar-refractivity contribution is 6.27. The molecule has 3 rings (SSSR count). The Hall–Kier alpha value is -3.59. The number of nitrogens with zero attached hydrogens (tertiary/aromatic N) is 2. The molecule has 0 atom stereocenters. The van der Waals surface area contributed by atoms with Crippen molar-refractivity contribution in [3.8, 4) is 11.5 Å². The van der Waals surface area contributed by atoms with Gasteiger partial charge in [0, 0.05) is 44.4 Å². The van der Waals surface area contributed by atoms with E-state index in [0.29, 0.717) is 6.42 Å². The fourth-order valence-corrected chi connectivity index (χ4v) is 3.26. The summed E-state index contributed by atoms with van der Waals surface area (Å²) in [5, 5.41) is 14.8. The van der Waals surface area contributed by atoms with Crippen molar-refractivity contribution in [1.29, 1.82) is 0 Å². The lowest BCUT2D eigenvalue weighted by Crippen LogP contribution is -2.48. The summed E-state index contributed by atoms with van der Waals surface area (Å²) in [6.45, 7) is 4.09. The third-order valence-corrected chi connectivity index (χ3v) is 4.99. The molecule has 1 saturated heterocycles. The van der Waals surface area contributed by atoms with E-state index < -0.39 is 11.9 Å². The molecule has 32 heavy (non-hydrogen) atoms. The van der Waals surface area contributed by atoms with E-state index in [0.717, 1.165) is 55.3 Å². The molecule has 0 bridgehead atoms. The number of amides is 1. The molecule has 172 valence electrons. The molecule has 1 heterocycles. The van der Waals surface area contributed by atoms with Crippen LogP contribution in [-0.4, -0.2) is 78.3 Å². The van der Waals surface area contributed by atoms with Crippen LogP contribution in [0.4, 0.5) is 0 Å². The minimum absolute atomic E-state index is 0.206. The van der Waals surface area contributed by atoms with Crippen molar-refractivity contribution in [3.63, 3.8) is 0 Å². The third kappa shape index (κ3) is 7.59. The number of hydrogen-bond donors (Lipinski definition) is 2. The van der Waals surface area contributed by atoms with Gasteiger partial charge in [-0.05, 0) is 11.6 Å². The van der Waals surface area contributed by atoms with Crippen molar-refractivity contribution in [2.75, 3.05) is 40.4 Å². The number of hydrogen-bond acceptors (Lipinski definition) is 6. The normalized spacial score (nSPS) is 13.5. The summed E-state index contributed by atoms with van der Waals surface area (Å²) < 4.78 is 10.7. The topological polar surface area (TPSA) is 117 Å². The van der Waals surface area contributed by atoms with Crippen LogP contribution in [0.5, 0.6) is 11.5 Å². The largest absolute Gasteiger partial charge is 0.497 e.